The van der Waals surface area contributed by atoms with Crippen molar-refractivity contribution in [3.8, 4) is 5.69 Å². The van der Waals surface area contributed by atoms with Crippen molar-refractivity contribution in [1.29, 1.82) is 0 Å². The molecule has 1 heterocycles. The summed E-state index contributed by atoms with van der Waals surface area (Å²) in [4.78, 5) is 23.5. The number of nitrogens with zero attached hydrogens (tertiary/aromatic N) is 3. The Hall–Kier alpha value is -2.84. The van der Waals surface area contributed by atoms with Crippen LogP contribution in [0.15, 0.2) is 53.7 Å². The second-order valence-corrected chi connectivity index (χ2v) is 7.67. The third-order valence-corrected chi connectivity index (χ3v) is 5.14. The topological polar surface area (TPSA) is 88.9 Å². The molecule has 1 aromatic heterocycles. The molecule has 0 aliphatic carbocycles. The van der Waals surface area contributed by atoms with E-state index in [1.165, 1.54) is 18.7 Å². The minimum absolute atomic E-state index is 0.107. The summed E-state index contributed by atoms with van der Waals surface area (Å²) in [5.74, 6) is 0.643. The van der Waals surface area contributed by atoms with Crippen LogP contribution >= 0.6 is 23.4 Å². The van der Waals surface area contributed by atoms with Gasteiger partial charge in [-0.05, 0) is 42.8 Å². The fourth-order valence-electron chi connectivity index (χ4n) is 2.64. The number of carbonyl (C=O) groups is 2. The quantitative estimate of drug-likeness (QED) is 0.560. The zero-order valence-corrected chi connectivity index (χ0v) is 17.5. The zero-order valence-electron chi connectivity index (χ0n) is 16.0. The van der Waals surface area contributed by atoms with Crippen LogP contribution < -0.4 is 10.6 Å². The first-order valence-electron chi connectivity index (χ1n) is 8.86. The number of carbonyl (C=O) groups excluding carboxylic acids is 2. The molecule has 0 radical (unpaired) electrons. The third-order valence-electron chi connectivity index (χ3n) is 3.96. The number of anilines is 1. The molecule has 0 saturated heterocycles. The molecule has 0 saturated carbocycles. The Kier molecular flexibility index (Phi) is 6.90. The molecule has 0 atom stereocenters. The van der Waals surface area contributed by atoms with Crippen molar-refractivity contribution in [3.63, 3.8) is 0 Å². The molecule has 0 spiro atoms. The van der Waals surface area contributed by atoms with E-state index in [1.54, 1.807) is 12.1 Å². The Morgan fingerprint density at radius 2 is 1.90 bits per heavy atom. The number of halogens is 1. The van der Waals surface area contributed by atoms with E-state index < -0.39 is 0 Å². The van der Waals surface area contributed by atoms with Crippen LogP contribution in [-0.2, 0) is 16.1 Å². The molecule has 2 aromatic carbocycles. The fraction of sp³-hybridized carbons (Fsp3) is 0.200. The maximum atomic E-state index is 12.2. The summed E-state index contributed by atoms with van der Waals surface area (Å²) < 4.78 is 1.85. The van der Waals surface area contributed by atoms with Gasteiger partial charge in [0.15, 0.2) is 5.16 Å². The highest BCUT2D eigenvalue weighted by Gasteiger charge is 2.14. The molecule has 0 bridgehead atoms. The Bertz CT molecular complexity index is 1020. The van der Waals surface area contributed by atoms with Gasteiger partial charge in [-0.25, -0.2) is 0 Å². The van der Waals surface area contributed by atoms with Crippen LogP contribution in [0.4, 0.5) is 5.69 Å². The van der Waals surface area contributed by atoms with Crippen LogP contribution in [0.3, 0.4) is 0 Å². The van der Waals surface area contributed by atoms with Gasteiger partial charge in [0.1, 0.15) is 5.82 Å². The SMILES string of the molecule is CC(=O)Nc1cccc(-n2c(C)nnc2SCC(=O)NCc2ccc(Cl)cc2)c1. The molecule has 29 heavy (non-hydrogen) atoms. The van der Waals surface area contributed by atoms with Crippen LogP contribution in [0.5, 0.6) is 0 Å². The molecule has 0 aliphatic heterocycles. The number of aryl methyl sites for hydroxylation is 1. The van der Waals surface area contributed by atoms with Gasteiger partial charge in [0.05, 0.1) is 11.4 Å². The van der Waals surface area contributed by atoms with Gasteiger partial charge >= 0.3 is 0 Å². The van der Waals surface area contributed by atoms with E-state index in [9.17, 15) is 9.59 Å². The summed E-state index contributed by atoms with van der Waals surface area (Å²) in [5, 5.41) is 15.2. The average molecular weight is 430 g/mol. The van der Waals surface area contributed by atoms with Gasteiger partial charge in [0, 0.05) is 24.2 Å². The second-order valence-electron chi connectivity index (χ2n) is 6.29. The number of amides is 2. The number of aromatic nitrogens is 3. The van der Waals surface area contributed by atoms with Gasteiger partial charge in [0.25, 0.3) is 0 Å². The molecule has 2 N–H and O–H groups in total. The number of hydrogen-bond acceptors (Lipinski definition) is 5. The van der Waals surface area contributed by atoms with Crippen LogP contribution in [0, 0.1) is 6.92 Å². The van der Waals surface area contributed by atoms with E-state index in [0.717, 1.165) is 11.3 Å². The largest absolute Gasteiger partial charge is 0.351 e. The predicted molar refractivity (Wildman–Crippen MR) is 114 cm³/mol. The van der Waals surface area contributed by atoms with Crippen molar-refractivity contribution in [1.82, 2.24) is 20.1 Å². The van der Waals surface area contributed by atoms with Crippen molar-refractivity contribution in [2.45, 2.75) is 25.5 Å². The lowest BCUT2D eigenvalue weighted by atomic mass is 10.2. The average Bonchev–Trinajstić information content (AvgIpc) is 3.06. The van der Waals surface area contributed by atoms with Crippen molar-refractivity contribution < 1.29 is 9.59 Å². The molecule has 7 nitrogen and oxygen atoms in total. The predicted octanol–water partition coefficient (Wildman–Crippen LogP) is 3.60. The van der Waals surface area contributed by atoms with Crippen molar-refractivity contribution in [2.75, 3.05) is 11.1 Å². The second kappa shape index (κ2) is 9.58. The Balaban J connectivity index is 1.64. The summed E-state index contributed by atoms with van der Waals surface area (Å²) in [5.41, 5.74) is 2.46. The molecule has 150 valence electrons. The smallest absolute Gasteiger partial charge is 0.230 e. The molecule has 0 fully saturated rings. The minimum atomic E-state index is -0.144. The van der Waals surface area contributed by atoms with E-state index in [1.807, 2.05) is 47.9 Å². The van der Waals surface area contributed by atoms with E-state index in [0.29, 0.717) is 28.2 Å². The van der Waals surface area contributed by atoms with E-state index in [-0.39, 0.29) is 17.6 Å². The summed E-state index contributed by atoms with van der Waals surface area (Å²) >= 11 is 7.16. The highest BCUT2D eigenvalue weighted by Crippen LogP contribution is 2.23. The third kappa shape index (κ3) is 5.82. The number of nitrogens with one attached hydrogen (secondary N) is 2. The highest BCUT2D eigenvalue weighted by atomic mass is 35.5. The molecule has 2 amide bonds. The number of thioether (sulfide) groups is 1. The summed E-state index contributed by atoms with van der Waals surface area (Å²) in [6.45, 7) is 3.73. The molecule has 3 aromatic rings. The molecular formula is C20H20ClN5O2S. The van der Waals surface area contributed by atoms with Gasteiger partial charge < -0.3 is 10.6 Å². The molecule has 0 unspecified atom stereocenters. The lowest BCUT2D eigenvalue weighted by molar-refractivity contribution is -0.118. The Labute approximate surface area is 177 Å². The van der Waals surface area contributed by atoms with Crippen molar-refractivity contribution >= 4 is 40.9 Å². The molecule has 3 rings (SSSR count). The van der Waals surface area contributed by atoms with Gasteiger partial charge in [-0.2, -0.15) is 0 Å². The lowest BCUT2D eigenvalue weighted by Gasteiger charge is -2.10. The zero-order chi connectivity index (χ0) is 20.8. The van der Waals surface area contributed by atoms with Gasteiger partial charge in [-0.15, -0.1) is 10.2 Å². The Morgan fingerprint density at radius 3 is 2.62 bits per heavy atom. The molecule has 9 heteroatoms. The van der Waals surface area contributed by atoms with Crippen LogP contribution in [0.25, 0.3) is 5.69 Å². The summed E-state index contributed by atoms with van der Waals surface area (Å²) in [6.07, 6.45) is 0. The van der Waals surface area contributed by atoms with E-state index in [4.69, 9.17) is 11.6 Å². The van der Waals surface area contributed by atoms with Gasteiger partial charge in [0.2, 0.25) is 11.8 Å². The minimum Gasteiger partial charge on any atom is -0.351 e. The maximum Gasteiger partial charge on any atom is 0.230 e. The first-order chi connectivity index (χ1) is 13.9. The Morgan fingerprint density at radius 1 is 1.14 bits per heavy atom. The normalized spacial score (nSPS) is 10.6. The number of rotatable bonds is 7. The molecule has 0 aliphatic rings. The van der Waals surface area contributed by atoms with Crippen LogP contribution in [0.2, 0.25) is 5.02 Å². The van der Waals surface area contributed by atoms with Gasteiger partial charge in [-0.1, -0.05) is 41.6 Å². The fourth-order valence-corrected chi connectivity index (χ4v) is 3.60. The van der Waals surface area contributed by atoms with E-state index in [2.05, 4.69) is 20.8 Å². The maximum absolute atomic E-state index is 12.2. The highest BCUT2D eigenvalue weighted by molar-refractivity contribution is 7.99. The van der Waals surface area contributed by atoms with E-state index >= 15 is 0 Å². The van der Waals surface area contributed by atoms with Gasteiger partial charge in [-0.3, -0.25) is 14.2 Å². The van der Waals surface area contributed by atoms with Crippen molar-refractivity contribution in [3.05, 3.63) is 64.9 Å². The van der Waals surface area contributed by atoms with Crippen molar-refractivity contribution in [2.24, 2.45) is 0 Å². The monoisotopic (exact) mass is 429 g/mol. The van der Waals surface area contributed by atoms with Crippen LogP contribution in [-0.4, -0.2) is 32.3 Å². The van der Waals surface area contributed by atoms with Crippen LogP contribution in [0.1, 0.15) is 18.3 Å². The standard InChI is InChI=1S/C20H20ClN5O2S/c1-13-24-25-20(26(13)18-5-3-4-17(10-18)23-14(2)27)29-12-19(28)22-11-15-6-8-16(21)9-7-15/h3-10H,11-12H2,1-2H3,(H,22,28)(H,23,27). The number of hydrogen-bond donors (Lipinski definition) is 2. The number of benzene rings is 2. The first-order valence-corrected chi connectivity index (χ1v) is 10.2. The molecular weight excluding hydrogens is 410 g/mol. The lowest BCUT2D eigenvalue weighted by Crippen LogP contribution is -2.24. The summed E-state index contributed by atoms with van der Waals surface area (Å²) in [6, 6.07) is 14.7. The summed E-state index contributed by atoms with van der Waals surface area (Å²) in [7, 11) is 0. The first kappa shape index (κ1) is 20.9.